The quantitative estimate of drug-likeness (QED) is 0.263. The van der Waals surface area contributed by atoms with E-state index in [4.69, 9.17) is 4.74 Å². The van der Waals surface area contributed by atoms with Crippen molar-refractivity contribution in [1.29, 1.82) is 0 Å². The van der Waals surface area contributed by atoms with Crippen LogP contribution in [0.15, 0.2) is 41.3 Å². The van der Waals surface area contributed by atoms with Crippen molar-refractivity contribution in [3.63, 3.8) is 0 Å². The lowest BCUT2D eigenvalue weighted by molar-refractivity contribution is -0.385. The largest absolute Gasteiger partial charge is 0.437 e. The number of benzene rings is 2. The molecular weight excluding hydrogens is 510 g/mol. The Bertz CT molecular complexity index is 1460. The lowest BCUT2D eigenvalue weighted by Crippen LogP contribution is -2.32. The van der Waals surface area contributed by atoms with Gasteiger partial charge < -0.3 is 10.1 Å². The molecule has 1 atom stereocenters. The molecule has 1 heterocycles. The first kappa shape index (κ1) is 28.8. The van der Waals surface area contributed by atoms with Gasteiger partial charge in [-0.25, -0.2) is 13.1 Å². The van der Waals surface area contributed by atoms with Gasteiger partial charge in [0.25, 0.3) is 11.6 Å². The third kappa shape index (κ3) is 6.03. The van der Waals surface area contributed by atoms with E-state index in [1.165, 1.54) is 16.8 Å². The molecule has 12 heteroatoms. The number of ether oxygens (including phenoxy) is 1. The summed E-state index contributed by atoms with van der Waals surface area (Å²) in [4.78, 5) is 23.4. The molecule has 0 radical (unpaired) electrons. The van der Waals surface area contributed by atoms with Crippen LogP contribution < -0.4 is 14.8 Å². The normalized spacial score (nSPS) is 12.3. The van der Waals surface area contributed by atoms with Crippen LogP contribution in [0.25, 0.3) is 5.69 Å². The second-order valence-electron chi connectivity index (χ2n) is 9.08. The third-order valence-corrected chi connectivity index (χ3v) is 7.74. The van der Waals surface area contributed by atoms with E-state index < -0.39 is 26.5 Å². The monoisotopic (exact) mass is 543 g/mol. The minimum absolute atomic E-state index is 0.0896. The first-order valence-electron chi connectivity index (χ1n) is 12.3. The molecule has 38 heavy (non-hydrogen) atoms. The van der Waals surface area contributed by atoms with Crippen molar-refractivity contribution in [2.75, 3.05) is 6.54 Å². The van der Waals surface area contributed by atoms with Gasteiger partial charge in [0.1, 0.15) is 10.6 Å². The van der Waals surface area contributed by atoms with E-state index in [0.29, 0.717) is 17.7 Å². The highest BCUT2D eigenvalue weighted by Gasteiger charge is 2.28. The number of hydrogen-bond donors (Lipinski definition) is 2. The summed E-state index contributed by atoms with van der Waals surface area (Å²) in [6, 6.07) is 8.86. The Morgan fingerprint density at radius 3 is 2.50 bits per heavy atom. The average molecular weight is 544 g/mol. The number of carbonyl (C=O) groups excluding carboxylic acids is 1. The number of nitro groups is 1. The predicted molar refractivity (Wildman–Crippen MR) is 144 cm³/mol. The van der Waals surface area contributed by atoms with E-state index in [1.807, 2.05) is 45.9 Å². The third-order valence-electron chi connectivity index (χ3n) is 6.25. The van der Waals surface area contributed by atoms with Crippen LogP contribution >= 0.6 is 0 Å². The Balaban J connectivity index is 2.24. The number of amides is 1. The van der Waals surface area contributed by atoms with Crippen molar-refractivity contribution in [2.45, 2.75) is 65.3 Å². The van der Waals surface area contributed by atoms with Crippen molar-refractivity contribution in [3.8, 4) is 17.3 Å². The Morgan fingerprint density at radius 2 is 1.87 bits per heavy atom. The summed E-state index contributed by atoms with van der Waals surface area (Å²) in [6.45, 7) is 11.3. The van der Waals surface area contributed by atoms with Crippen molar-refractivity contribution in [1.82, 2.24) is 19.8 Å². The summed E-state index contributed by atoms with van der Waals surface area (Å²) in [5.74, 6) is -0.414. The molecule has 2 N–H and O–H groups in total. The number of sulfonamides is 1. The van der Waals surface area contributed by atoms with Crippen LogP contribution in [0.2, 0.25) is 0 Å². The Morgan fingerprint density at radius 1 is 1.16 bits per heavy atom. The van der Waals surface area contributed by atoms with E-state index in [9.17, 15) is 23.3 Å². The van der Waals surface area contributed by atoms with Gasteiger partial charge in [0, 0.05) is 30.3 Å². The highest BCUT2D eigenvalue weighted by molar-refractivity contribution is 7.89. The molecule has 0 aliphatic carbocycles. The van der Waals surface area contributed by atoms with Crippen LogP contribution in [-0.4, -0.2) is 41.6 Å². The van der Waals surface area contributed by atoms with Gasteiger partial charge in [-0.1, -0.05) is 26.0 Å². The number of aryl methyl sites for hydroxylation is 1. The fraction of sp³-hybridized carbons (Fsp3) is 0.385. The summed E-state index contributed by atoms with van der Waals surface area (Å²) in [5, 5.41) is 18.9. The van der Waals surface area contributed by atoms with Crippen molar-refractivity contribution in [3.05, 3.63) is 68.9 Å². The van der Waals surface area contributed by atoms with Gasteiger partial charge in [0.15, 0.2) is 5.69 Å². The fourth-order valence-electron chi connectivity index (χ4n) is 3.66. The van der Waals surface area contributed by atoms with Crippen LogP contribution in [0.4, 0.5) is 5.69 Å². The number of carbonyl (C=O) groups is 1. The van der Waals surface area contributed by atoms with Crippen LogP contribution in [0.1, 0.15) is 60.8 Å². The molecule has 11 nitrogen and oxygen atoms in total. The summed E-state index contributed by atoms with van der Waals surface area (Å²) < 4.78 is 36.2. The van der Waals surface area contributed by atoms with Crippen LogP contribution in [0.3, 0.4) is 0 Å². The molecule has 204 valence electrons. The zero-order valence-electron chi connectivity index (χ0n) is 22.4. The number of nitro benzene ring substituents is 1. The zero-order valence-corrected chi connectivity index (χ0v) is 23.2. The molecule has 1 amide bonds. The lowest BCUT2D eigenvalue weighted by Gasteiger charge is -2.15. The molecule has 0 spiro atoms. The van der Waals surface area contributed by atoms with E-state index in [0.717, 1.165) is 23.6 Å². The molecule has 0 aliphatic heterocycles. The van der Waals surface area contributed by atoms with Crippen LogP contribution in [-0.2, 0) is 10.0 Å². The van der Waals surface area contributed by atoms with E-state index in [1.54, 1.807) is 13.8 Å². The maximum Gasteiger partial charge on any atom is 0.272 e. The average Bonchev–Trinajstić information content (AvgIpc) is 3.20. The van der Waals surface area contributed by atoms with Crippen molar-refractivity contribution in [2.24, 2.45) is 0 Å². The zero-order chi connectivity index (χ0) is 28.2. The smallest absolute Gasteiger partial charge is 0.272 e. The minimum Gasteiger partial charge on any atom is -0.437 e. The molecule has 0 unspecified atom stereocenters. The maximum atomic E-state index is 13.1. The summed E-state index contributed by atoms with van der Waals surface area (Å²) >= 11 is 0. The van der Waals surface area contributed by atoms with E-state index in [-0.39, 0.29) is 34.8 Å². The topological polar surface area (TPSA) is 145 Å². The SMILES string of the molecule is CCCNS(=O)(=O)c1cc([N+](=O)[O-])ccc1Oc1c(C)c(C(=O)N[C@H](C)CC)nn1-c1cccc(C)c1C. The lowest BCUT2D eigenvalue weighted by atomic mass is 10.1. The molecule has 0 saturated carbocycles. The van der Waals surface area contributed by atoms with Gasteiger partial charge in [0.05, 0.1) is 10.6 Å². The molecule has 2 aromatic carbocycles. The molecule has 3 aromatic rings. The molecule has 1 aromatic heterocycles. The number of non-ortho nitro benzene ring substituents is 1. The standard InChI is InChI=1S/C26H33N5O6S/c1-7-14-27-38(35,36)23-15-20(31(33)34)12-13-22(23)37-26-19(6)24(25(32)28-17(4)8-2)29-30(26)21-11-9-10-16(3)18(21)5/h9-13,15,17,27H,7-8,14H2,1-6H3,(H,28,32)/t17-/m1/s1. The first-order chi connectivity index (χ1) is 17.9. The molecule has 3 rings (SSSR count). The number of hydrogen-bond acceptors (Lipinski definition) is 7. The van der Waals surface area contributed by atoms with E-state index >= 15 is 0 Å². The van der Waals surface area contributed by atoms with Crippen molar-refractivity contribution < 1.29 is 22.9 Å². The molecule has 0 bridgehead atoms. The highest BCUT2D eigenvalue weighted by atomic mass is 32.2. The first-order valence-corrected chi connectivity index (χ1v) is 13.8. The van der Waals surface area contributed by atoms with E-state index in [2.05, 4.69) is 15.1 Å². The van der Waals surface area contributed by atoms with Gasteiger partial charge in [-0.3, -0.25) is 14.9 Å². The molecule has 0 saturated heterocycles. The number of aromatic nitrogens is 2. The predicted octanol–water partition coefficient (Wildman–Crippen LogP) is 4.71. The number of nitrogens with one attached hydrogen (secondary N) is 2. The van der Waals surface area contributed by atoms with Crippen LogP contribution in [0, 0.1) is 30.9 Å². The molecule has 0 aliphatic rings. The summed E-state index contributed by atoms with van der Waals surface area (Å²) in [5.41, 5.74) is 2.61. The summed E-state index contributed by atoms with van der Waals surface area (Å²) in [7, 11) is -4.15. The second kappa shape index (κ2) is 11.7. The fourth-order valence-corrected chi connectivity index (χ4v) is 4.94. The van der Waals surface area contributed by atoms with Gasteiger partial charge in [-0.05, 0) is 63.8 Å². The summed E-state index contributed by atoms with van der Waals surface area (Å²) in [6.07, 6.45) is 1.25. The van der Waals surface area contributed by atoms with Gasteiger partial charge in [0.2, 0.25) is 15.9 Å². The Kier molecular flexibility index (Phi) is 8.89. The van der Waals surface area contributed by atoms with Gasteiger partial charge >= 0.3 is 0 Å². The highest BCUT2D eigenvalue weighted by Crippen LogP contribution is 2.36. The molecular formula is C26H33N5O6S. The molecule has 0 fully saturated rings. The minimum atomic E-state index is -4.15. The van der Waals surface area contributed by atoms with Gasteiger partial charge in [-0.15, -0.1) is 0 Å². The number of rotatable bonds is 11. The van der Waals surface area contributed by atoms with Crippen molar-refractivity contribution >= 4 is 21.6 Å². The number of nitrogens with zero attached hydrogens (tertiary/aromatic N) is 3. The second-order valence-corrected chi connectivity index (χ2v) is 10.8. The Hall–Kier alpha value is -3.77. The Labute approximate surface area is 222 Å². The maximum absolute atomic E-state index is 13.1. The van der Waals surface area contributed by atoms with Crippen LogP contribution in [0.5, 0.6) is 11.6 Å². The van der Waals surface area contributed by atoms with Gasteiger partial charge in [-0.2, -0.15) is 9.78 Å².